The van der Waals surface area contributed by atoms with Crippen molar-refractivity contribution in [3.05, 3.63) is 23.8 Å². The zero-order valence-corrected chi connectivity index (χ0v) is 8.39. The second-order valence-corrected chi connectivity index (χ2v) is 3.45. The topological polar surface area (TPSA) is 0 Å². The third-order valence-corrected chi connectivity index (χ3v) is 1.96. The van der Waals surface area contributed by atoms with Crippen LogP contribution in [0.5, 0.6) is 0 Å². The summed E-state index contributed by atoms with van der Waals surface area (Å²) in [5.41, 5.74) is 1.45. The van der Waals surface area contributed by atoms with Crippen LogP contribution in [0.2, 0.25) is 0 Å². The van der Waals surface area contributed by atoms with Gasteiger partial charge in [0, 0.05) is 0 Å². The molecular formula is C11H20. The van der Waals surface area contributed by atoms with Gasteiger partial charge < -0.3 is 0 Å². The van der Waals surface area contributed by atoms with E-state index < -0.39 is 0 Å². The lowest BCUT2D eigenvalue weighted by molar-refractivity contribution is 0.793. The fourth-order valence-electron chi connectivity index (χ4n) is 0.804. The molecule has 64 valence electrons. The van der Waals surface area contributed by atoms with Crippen LogP contribution >= 0.6 is 0 Å². The number of hydrogen-bond donors (Lipinski definition) is 0. The monoisotopic (exact) mass is 152 g/mol. The van der Waals surface area contributed by atoms with E-state index in [1.807, 2.05) is 0 Å². The Morgan fingerprint density at radius 2 is 1.64 bits per heavy atom. The van der Waals surface area contributed by atoms with Crippen LogP contribution in [0.1, 0.15) is 34.6 Å². The largest absolute Gasteiger partial charge is 0.0882 e. The highest BCUT2D eigenvalue weighted by Gasteiger charge is 1.96. The van der Waals surface area contributed by atoms with Gasteiger partial charge in [-0.25, -0.2) is 0 Å². The summed E-state index contributed by atoms with van der Waals surface area (Å²) in [6.07, 6.45) is 6.72. The molecule has 0 spiro atoms. The van der Waals surface area contributed by atoms with Crippen molar-refractivity contribution < 1.29 is 0 Å². The summed E-state index contributed by atoms with van der Waals surface area (Å²) in [5, 5.41) is 0. The van der Waals surface area contributed by atoms with E-state index >= 15 is 0 Å². The quantitative estimate of drug-likeness (QED) is 0.539. The Labute approximate surface area is 71.0 Å². The molecule has 0 N–H and O–H groups in total. The number of rotatable bonds is 3. The van der Waals surface area contributed by atoms with Crippen LogP contribution in [0.4, 0.5) is 0 Å². The van der Waals surface area contributed by atoms with Crippen molar-refractivity contribution >= 4 is 0 Å². The molecule has 1 unspecified atom stereocenters. The molecule has 0 saturated heterocycles. The van der Waals surface area contributed by atoms with Gasteiger partial charge in [0.25, 0.3) is 0 Å². The second kappa shape index (κ2) is 5.17. The molecule has 0 aliphatic carbocycles. The Morgan fingerprint density at radius 1 is 1.09 bits per heavy atom. The van der Waals surface area contributed by atoms with Crippen LogP contribution in [0.15, 0.2) is 23.8 Å². The maximum atomic E-state index is 2.28. The summed E-state index contributed by atoms with van der Waals surface area (Å²) < 4.78 is 0. The third-order valence-electron chi connectivity index (χ3n) is 1.96. The van der Waals surface area contributed by atoms with Crippen molar-refractivity contribution in [1.82, 2.24) is 0 Å². The molecule has 0 fully saturated rings. The van der Waals surface area contributed by atoms with E-state index in [-0.39, 0.29) is 0 Å². The normalized spacial score (nSPS) is 16.4. The van der Waals surface area contributed by atoms with E-state index in [2.05, 4.69) is 52.8 Å². The first-order valence-corrected chi connectivity index (χ1v) is 4.39. The van der Waals surface area contributed by atoms with Crippen molar-refractivity contribution in [2.24, 2.45) is 11.8 Å². The van der Waals surface area contributed by atoms with Crippen molar-refractivity contribution in [3.8, 4) is 0 Å². The van der Waals surface area contributed by atoms with Crippen LogP contribution in [0.25, 0.3) is 0 Å². The summed E-state index contributed by atoms with van der Waals surface area (Å²) >= 11 is 0. The highest BCUT2D eigenvalue weighted by molar-refractivity contribution is 5.08. The van der Waals surface area contributed by atoms with Gasteiger partial charge in [0.1, 0.15) is 0 Å². The predicted octanol–water partition coefficient (Wildman–Crippen LogP) is 3.80. The summed E-state index contributed by atoms with van der Waals surface area (Å²) in [5.74, 6) is 1.27. The molecule has 0 aromatic rings. The molecule has 0 amide bonds. The first-order chi connectivity index (χ1) is 5.07. The van der Waals surface area contributed by atoms with E-state index in [1.165, 1.54) is 5.57 Å². The molecule has 0 heteroatoms. The summed E-state index contributed by atoms with van der Waals surface area (Å²) in [4.78, 5) is 0. The van der Waals surface area contributed by atoms with Crippen LogP contribution in [0.3, 0.4) is 0 Å². The Hall–Kier alpha value is -0.520. The first-order valence-electron chi connectivity index (χ1n) is 4.39. The molecule has 0 aliphatic rings. The Bertz CT molecular complexity index is 149. The van der Waals surface area contributed by atoms with Crippen molar-refractivity contribution in [3.63, 3.8) is 0 Å². The van der Waals surface area contributed by atoms with Gasteiger partial charge in [0.05, 0.1) is 0 Å². The van der Waals surface area contributed by atoms with Crippen LogP contribution < -0.4 is 0 Å². The van der Waals surface area contributed by atoms with E-state index in [4.69, 9.17) is 0 Å². The van der Waals surface area contributed by atoms with Gasteiger partial charge in [0.2, 0.25) is 0 Å². The van der Waals surface area contributed by atoms with Crippen molar-refractivity contribution in [2.75, 3.05) is 0 Å². The molecule has 0 aliphatic heterocycles. The molecular weight excluding hydrogens is 132 g/mol. The minimum absolute atomic E-state index is 0.599. The Balaban J connectivity index is 3.96. The summed E-state index contributed by atoms with van der Waals surface area (Å²) in [6.45, 7) is 10.9. The molecule has 1 atom stereocenters. The third kappa shape index (κ3) is 4.83. The molecule has 0 radical (unpaired) electrons. The SMILES string of the molecule is CC=C(C)C(C)C=CC(C)C. The van der Waals surface area contributed by atoms with Crippen molar-refractivity contribution in [1.29, 1.82) is 0 Å². The first kappa shape index (κ1) is 10.5. The molecule has 0 bridgehead atoms. The highest BCUT2D eigenvalue weighted by Crippen LogP contribution is 2.11. The lowest BCUT2D eigenvalue weighted by atomic mass is 10.0. The average Bonchev–Trinajstić information content (AvgIpc) is 1.98. The van der Waals surface area contributed by atoms with Crippen LogP contribution in [0, 0.1) is 11.8 Å². The van der Waals surface area contributed by atoms with Gasteiger partial charge in [-0.15, -0.1) is 0 Å². The smallest absolute Gasteiger partial charge is 0.00544 e. The van der Waals surface area contributed by atoms with Gasteiger partial charge in [-0.3, -0.25) is 0 Å². The van der Waals surface area contributed by atoms with Crippen LogP contribution in [-0.2, 0) is 0 Å². The number of hydrogen-bond acceptors (Lipinski definition) is 0. The Morgan fingerprint density at radius 3 is 2.00 bits per heavy atom. The minimum atomic E-state index is 0.599. The standard InChI is InChI=1S/C11H20/c1-6-10(4)11(5)8-7-9(2)3/h6-9,11H,1-5H3. The molecule has 0 aromatic heterocycles. The zero-order chi connectivity index (χ0) is 8.85. The lowest BCUT2D eigenvalue weighted by Crippen LogP contribution is -1.91. The molecule has 0 rings (SSSR count). The average molecular weight is 152 g/mol. The fourth-order valence-corrected chi connectivity index (χ4v) is 0.804. The molecule has 11 heavy (non-hydrogen) atoms. The number of allylic oxidation sites excluding steroid dienone is 4. The molecule has 0 aromatic carbocycles. The van der Waals surface area contributed by atoms with E-state index in [1.54, 1.807) is 0 Å². The van der Waals surface area contributed by atoms with Gasteiger partial charge in [-0.1, -0.05) is 44.6 Å². The minimum Gasteiger partial charge on any atom is -0.0882 e. The van der Waals surface area contributed by atoms with Crippen LogP contribution in [-0.4, -0.2) is 0 Å². The van der Waals surface area contributed by atoms with Gasteiger partial charge in [-0.2, -0.15) is 0 Å². The fraction of sp³-hybridized carbons (Fsp3) is 0.636. The zero-order valence-electron chi connectivity index (χ0n) is 8.39. The maximum absolute atomic E-state index is 2.28. The lowest BCUT2D eigenvalue weighted by Gasteiger charge is -2.05. The predicted molar refractivity (Wildman–Crippen MR) is 52.6 cm³/mol. The molecule has 0 nitrogen and oxygen atoms in total. The Kier molecular flexibility index (Phi) is 4.93. The van der Waals surface area contributed by atoms with Gasteiger partial charge >= 0.3 is 0 Å². The van der Waals surface area contributed by atoms with Crippen molar-refractivity contribution in [2.45, 2.75) is 34.6 Å². The van der Waals surface area contributed by atoms with E-state index in [9.17, 15) is 0 Å². The molecule has 0 saturated carbocycles. The maximum Gasteiger partial charge on any atom is -0.00544 e. The summed E-state index contributed by atoms with van der Waals surface area (Å²) in [7, 11) is 0. The summed E-state index contributed by atoms with van der Waals surface area (Å²) in [6, 6.07) is 0. The van der Waals surface area contributed by atoms with Gasteiger partial charge in [0.15, 0.2) is 0 Å². The highest BCUT2D eigenvalue weighted by atomic mass is 14.0. The van der Waals surface area contributed by atoms with E-state index in [0.717, 1.165) is 0 Å². The van der Waals surface area contributed by atoms with Gasteiger partial charge in [-0.05, 0) is 25.7 Å². The van der Waals surface area contributed by atoms with E-state index in [0.29, 0.717) is 11.8 Å². The second-order valence-electron chi connectivity index (χ2n) is 3.45. The molecule has 0 heterocycles.